The number of halogens is 8. The second-order valence-corrected chi connectivity index (χ2v) is 6.95. The van der Waals surface area contributed by atoms with Crippen LogP contribution in [0.25, 0.3) is 0 Å². The lowest BCUT2D eigenvalue weighted by Gasteiger charge is -2.18. The molecule has 0 radical (unpaired) electrons. The van der Waals surface area contributed by atoms with Crippen molar-refractivity contribution in [2.45, 2.75) is 12.3 Å². The van der Waals surface area contributed by atoms with E-state index in [1.807, 2.05) is 0 Å². The van der Waals surface area contributed by atoms with Gasteiger partial charge in [0, 0.05) is 11.0 Å². The number of anilines is 1. The molecular weight excluding hydrogens is 484 g/mol. The molecule has 0 aliphatic rings. The minimum atomic E-state index is -4.92. The van der Waals surface area contributed by atoms with E-state index < -0.39 is 35.2 Å². The monoisotopic (exact) mass is 493 g/mol. The Labute approximate surface area is 169 Å². The van der Waals surface area contributed by atoms with E-state index in [4.69, 9.17) is 27.9 Å². The maximum atomic E-state index is 14.0. The van der Waals surface area contributed by atoms with Gasteiger partial charge in [-0.1, -0.05) is 27.5 Å². The van der Waals surface area contributed by atoms with Crippen LogP contribution in [0.2, 0.25) is 5.02 Å². The lowest BCUT2D eigenvalue weighted by atomic mass is 10.2. The summed E-state index contributed by atoms with van der Waals surface area (Å²) in [6.07, 6.45) is -5.85. The molecule has 0 heterocycles. The molecule has 0 bridgehead atoms. The first-order valence-corrected chi connectivity index (χ1v) is 8.94. The maximum absolute atomic E-state index is 14.0. The highest BCUT2D eigenvalue weighted by atomic mass is 79.9. The van der Waals surface area contributed by atoms with Crippen molar-refractivity contribution in [2.24, 2.45) is 0 Å². The average Bonchev–Trinajstić information content (AvgIpc) is 2.56. The molecule has 1 unspecified atom stereocenters. The van der Waals surface area contributed by atoms with Crippen molar-refractivity contribution in [3.8, 4) is 11.5 Å². The number of ether oxygens (including phenoxy) is 1. The SMILES string of the molecule is OC(CCl)CNc1cc(Br)cc(Cl)c1Oc1c(F)cc(C(F)(F)F)cc1F. The van der Waals surface area contributed by atoms with Crippen LogP contribution in [0.4, 0.5) is 27.6 Å². The van der Waals surface area contributed by atoms with Gasteiger partial charge in [-0.15, -0.1) is 11.6 Å². The van der Waals surface area contributed by atoms with Gasteiger partial charge in [-0.05, 0) is 24.3 Å². The summed E-state index contributed by atoms with van der Waals surface area (Å²) in [7, 11) is 0. The summed E-state index contributed by atoms with van der Waals surface area (Å²) in [5.41, 5.74) is -1.35. The van der Waals surface area contributed by atoms with Gasteiger partial charge in [0.25, 0.3) is 0 Å². The van der Waals surface area contributed by atoms with E-state index in [1.165, 1.54) is 12.1 Å². The highest BCUT2D eigenvalue weighted by molar-refractivity contribution is 9.10. The van der Waals surface area contributed by atoms with Crippen molar-refractivity contribution in [1.29, 1.82) is 0 Å². The standard InChI is InChI=1S/C16H11BrCl2F5NO2/c17-8-3-10(19)14(13(4-8)25-6-9(26)5-18)27-15-11(20)1-7(2-12(15)21)16(22,23)24/h1-4,9,25-26H,5-6H2. The Hall–Kier alpha value is -1.29. The number of aliphatic hydroxyl groups excluding tert-OH is 1. The predicted octanol–water partition coefficient (Wildman–Crippen LogP) is 6.20. The fraction of sp³-hybridized carbons (Fsp3) is 0.250. The zero-order valence-electron chi connectivity index (χ0n) is 13.2. The van der Waals surface area contributed by atoms with E-state index >= 15 is 0 Å². The van der Waals surface area contributed by atoms with Gasteiger partial charge in [0.1, 0.15) is 0 Å². The fourth-order valence-corrected chi connectivity index (χ4v) is 2.96. The quantitative estimate of drug-likeness (QED) is 0.371. The van der Waals surface area contributed by atoms with Gasteiger partial charge in [0.05, 0.1) is 28.3 Å². The Kier molecular flexibility index (Phi) is 7.18. The normalized spacial score (nSPS) is 12.8. The molecule has 0 amide bonds. The molecule has 0 saturated carbocycles. The van der Waals surface area contributed by atoms with Gasteiger partial charge in [0.2, 0.25) is 0 Å². The summed E-state index contributed by atoms with van der Waals surface area (Å²) in [4.78, 5) is 0. The molecule has 1 atom stereocenters. The minimum absolute atomic E-state index is 0.0371. The third kappa shape index (κ3) is 5.60. The van der Waals surface area contributed by atoms with Crippen LogP contribution in [-0.4, -0.2) is 23.6 Å². The summed E-state index contributed by atoms with van der Waals surface area (Å²) in [5, 5.41) is 12.2. The van der Waals surface area contributed by atoms with Gasteiger partial charge >= 0.3 is 6.18 Å². The molecule has 0 aliphatic carbocycles. The first-order chi connectivity index (χ1) is 12.5. The van der Waals surface area contributed by atoms with E-state index in [1.54, 1.807) is 0 Å². The van der Waals surface area contributed by atoms with Gasteiger partial charge in [0.15, 0.2) is 23.1 Å². The van der Waals surface area contributed by atoms with Crippen LogP contribution in [0.15, 0.2) is 28.7 Å². The molecule has 0 spiro atoms. The molecule has 2 rings (SSSR count). The Morgan fingerprint density at radius 1 is 1.11 bits per heavy atom. The first kappa shape index (κ1) is 22.0. The molecule has 2 N–H and O–H groups in total. The zero-order valence-corrected chi connectivity index (χ0v) is 16.3. The Morgan fingerprint density at radius 2 is 1.70 bits per heavy atom. The number of hydrogen-bond donors (Lipinski definition) is 2. The van der Waals surface area contributed by atoms with Crippen molar-refractivity contribution in [2.75, 3.05) is 17.7 Å². The van der Waals surface area contributed by atoms with Crippen molar-refractivity contribution < 1.29 is 31.8 Å². The molecule has 0 aliphatic heterocycles. The molecule has 0 aromatic heterocycles. The fourth-order valence-electron chi connectivity index (χ4n) is 2.00. The van der Waals surface area contributed by atoms with E-state index in [0.29, 0.717) is 4.47 Å². The molecule has 11 heteroatoms. The second kappa shape index (κ2) is 8.81. The summed E-state index contributed by atoms with van der Waals surface area (Å²) >= 11 is 14.7. The summed E-state index contributed by atoms with van der Waals surface area (Å²) in [6, 6.07) is 3.05. The molecule has 27 heavy (non-hydrogen) atoms. The highest BCUT2D eigenvalue weighted by Crippen LogP contribution is 2.42. The van der Waals surface area contributed by atoms with Gasteiger partial charge in [-0.25, -0.2) is 8.78 Å². The highest BCUT2D eigenvalue weighted by Gasteiger charge is 2.33. The van der Waals surface area contributed by atoms with Crippen LogP contribution in [0, 0.1) is 11.6 Å². The van der Waals surface area contributed by atoms with Gasteiger partial charge < -0.3 is 15.2 Å². The van der Waals surface area contributed by atoms with Crippen molar-refractivity contribution in [1.82, 2.24) is 0 Å². The maximum Gasteiger partial charge on any atom is 0.416 e. The first-order valence-electron chi connectivity index (χ1n) is 7.24. The zero-order chi connectivity index (χ0) is 20.4. The second-order valence-electron chi connectivity index (χ2n) is 5.32. The van der Waals surface area contributed by atoms with Crippen molar-refractivity contribution in [3.05, 3.63) is 51.0 Å². The molecule has 2 aromatic carbocycles. The summed E-state index contributed by atoms with van der Waals surface area (Å²) < 4.78 is 71.6. The number of nitrogens with one attached hydrogen (secondary N) is 1. The van der Waals surface area contributed by atoms with Crippen LogP contribution in [0.5, 0.6) is 11.5 Å². The number of rotatable bonds is 6. The van der Waals surface area contributed by atoms with Crippen LogP contribution < -0.4 is 10.1 Å². The van der Waals surface area contributed by atoms with Crippen LogP contribution >= 0.6 is 39.1 Å². The lowest BCUT2D eigenvalue weighted by Crippen LogP contribution is -2.21. The number of hydrogen-bond acceptors (Lipinski definition) is 3. The molecule has 3 nitrogen and oxygen atoms in total. The van der Waals surface area contributed by atoms with Gasteiger partial charge in [-0.3, -0.25) is 0 Å². The Bertz CT molecular complexity index is 812. The van der Waals surface area contributed by atoms with E-state index in [0.717, 1.165) is 0 Å². The van der Waals surface area contributed by atoms with Crippen LogP contribution in [0.3, 0.4) is 0 Å². The van der Waals surface area contributed by atoms with E-state index in [2.05, 4.69) is 21.2 Å². The number of benzene rings is 2. The lowest BCUT2D eigenvalue weighted by molar-refractivity contribution is -0.138. The molecule has 0 fully saturated rings. The smallest absolute Gasteiger partial charge is 0.416 e. The summed E-state index contributed by atoms with van der Waals surface area (Å²) in [5.74, 6) is -4.46. The van der Waals surface area contributed by atoms with Gasteiger partial charge in [-0.2, -0.15) is 13.2 Å². The van der Waals surface area contributed by atoms with E-state index in [9.17, 15) is 27.1 Å². The third-order valence-corrected chi connectivity index (χ3v) is 4.34. The Balaban J connectivity index is 2.42. The molecule has 2 aromatic rings. The summed E-state index contributed by atoms with van der Waals surface area (Å²) in [6.45, 7) is -0.0371. The molecule has 148 valence electrons. The Morgan fingerprint density at radius 3 is 2.22 bits per heavy atom. The minimum Gasteiger partial charge on any atom is -0.447 e. The molecular formula is C16H11BrCl2F5NO2. The third-order valence-electron chi connectivity index (χ3n) is 3.24. The van der Waals surface area contributed by atoms with Crippen LogP contribution in [-0.2, 0) is 6.18 Å². The molecule has 0 saturated heterocycles. The van der Waals surface area contributed by atoms with Crippen LogP contribution in [0.1, 0.15) is 5.56 Å². The number of alkyl halides is 4. The predicted molar refractivity (Wildman–Crippen MR) is 95.8 cm³/mol. The average molecular weight is 495 g/mol. The van der Waals surface area contributed by atoms with E-state index in [-0.39, 0.29) is 41.0 Å². The van der Waals surface area contributed by atoms with Crippen molar-refractivity contribution >= 4 is 44.8 Å². The largest absolute Gasteiger partial charge is 0.447 e. The van der Waals surface area contributed by atoms with Crippen molar-refractivity contribution in [3.63, 3.8) is 0 Å². The number of aliphatic hydroxyl groups is 1. The topological polar surface area (TPSA) is 41.5 Å².